The molecule has 0 aliphatic carbocycles. The molecule has 0 amide bonds. The van der Waals surface area contributed by atoms with Crippen LogP contribution in [-0.4, -0.2) is 5.78 Å². The van der Waals surface area contributed by atoms with Gasteiger partial charge in [0.1, 0.15) is 0 Å². The highest BCUT2D eigenvalue weighted by Gasteiger charge is 2.22. The van der Waals surface area contributed by atoms with E-state index in [0.29, 0.717) is 0 Å². The van der Waals surface area contributed by atoms with Gasteiger partial charge in [-0.2, -0.15) is 5.26 Å². The van der Waals surface area contributed by atoms with Crippen LogP contribution in [0.3, 0.4) is 0 Å². The van der Waals surface area contributed by atoms with Crippen molar-refractivity contribution in [3.63, 3.8) is 0 Å². The lowest BCUT2D eigenvalue weighted by Crippen LogP contribution is -2.07. The first-order valence-corrected chi connectivity index (χ1v) is 4.10. The quantitative estimate of drug-likeness (QED) is 0.601. The van der Waals surface area contributed by atoms with Crippen molar-refractivity contribution in [1.29, 1.82) is 5.26 Å². The van der Waals surface area contributed by atoms with E-state index in [1.54, 1.807) is 6.07 Å². The molecule has 0 spiro atoms. The lowest BCUT2D eigenvalue weighted by molar-refractivity contribution is 0.1000. The van der Waals surface area contributed by atoms with E-state index in [2.05, 4.69) is 0 Å². The van der Waals surface area contributed by atoms with Crippen LogP contribution in [0, 0.1) is 11.3 Å². The molecule has 0 aliphatic rings. The van der Waals surface area contributed by atoms with Crippen molar-refractivity contribution in [2.45, 2.75) is 13.3 Å². The smallest absolute Gasteiger partial charge is 0.265 e. The zero-order chi connectivity index (χ0) is 11.6. The molecule has 15 heavy (non-hydrogen) atoms. The fourth-order valence-electron chi connectivity index (χ4n) is 1.35. The Bertz CT molecular complexity index is 449. The maximum absolute atomic E-state index is 12.7. The number of benzene rings is 1. The molecule has 78 valence electrons. The van der Waals surface area contributed by atoms with Gasteiger partial charge in [-0.25, -0.2) is 8.78 Å². The van der Waals surface area contributed by atoms with Gasteiger partial charge < -0.3 is 5.73 Å². The molecule has 0 aromatic heterocycles. The van der Waals surface area contributed by atoms with E-state index in [1.807, 2.05) is 0 Å². The van der Waals surface area contributed by atoms with E-state index >= 15 is 0 Å². The molecule has 0 fully saturated rings. The Morgan fingerprint density at radius 1 is 1.53 bits per heavy atom. The van der Waals surface area contributed by atoms with E-state index in [1.165, 1.54) is 12.1 Å². The Hall–Kier alpha value is -1.96. The van der Waals surface area contributed by atoms with Gasteiger partial charge in [0.2, 0.25) is 0 Å². The Balaban J connectivity index is 3.60. The average molecular weight is 210 g/mol. The van der Waals surface area contributed by atoms with Crippen LogP contribution in [0.2, 0.25) is 0 Å². The van der Waals surface area contributed by atoms with E-state index in [-0.39, 0.29) is 16.8 Å². The molecule has 0 radical (unpaired) electrons. The van der Waals surface area contributed by atoms with Crippen LogP contribution in [0.15, 0.2) is 12.1 Å². The molecular formula is C10H8F2N2O. The predicted molar refractivity (Wildman–Crippen MR) is 50.5 cm³/mol. The topological polar surface area (TPSA) is 66.9 Å². The van der Waals surface area contributed by atoms with Gasteiger partial charge in [-0.1, -0.05) is 0 Å². The van der Waals surface area contributed by atoms with Crippen LogP contribution in [0.25, 0.3) is 0 Å². The second-order valence-corrected chi connectivity index (χ2v) is 2.96. The third-order valence-corrected chi connectivity index (χ3v) is 1.97. The minimum absolute atomic E-state index is 0.0307. The molecule has 0 bridgehead atoms. The monoisotopic (exact) mass is 210 g/mol. The molecule has 0 heterocycles. The van der Waals surface area contributed by atoms with Crippen LogP contribution in [0.4, 0.5) is 14.5 Å². The second kappa shape index (κ2) is 4.05. The average Bonchev–Trinajstić information content (AvgIpc) is 2.16. The molecule has 1 aromatic carbocycles. The van der Waals surface area contributed by atoms with Crippen LogP contribution in [0.1, 0.15) is 34.8 Å². The Morgan fingerprint density at radius 3 is 2.53 bits per heavy atom. The second-order valence-electron chi connectivity index (χ2n) is 2.96. The number of nitrogens with zero attached hydrogens (tertiary/aromatic N) is 1. The molecule has 2 N–H and O–H groups in total. The van der Waals surface area contributed by atoms with Crippen LogP contribution in [0.5, 0.6) is 0 Å². The molecule has 5 heteroatoms. The number of ketones is 1. The minimum Gasteiger partial charge on any atom is -0.398 e. The third-order valence-electron chi connectivity index (χ3n) is 1.97. The first-order valence-electron chi connectivity index (χ1n) is 4.10. The molecule has 1 aromatic rings. The zero-order valence-corrected chi connectivity index (χ0v) is 7.92. The summed E-state index contributed by atoms with van der Waals surface area (Å²) in [4.78, 5) is 11.1. The zero-order valence-electron chi connectivity index (χ0n) is 7.92. The normalized spacial score (nSPS) is 10.1. The number of anilines is 1. The standard InChI is InChI=1S/C10H8F2N2O/c1-5(15)8-7(14)3-2-6(4-13)9(8)10(11)12/h2-3,10H,14H2,1H3. The third kappa shape index (κ3) is 1.94. The number of rotatable bonds is 2. The van der Waals surface area contributed by atoms with Crippen LogP contribution >= 0.6 is 0 Å². The van der Waals surface area contributed by atoms with Gasteiger partial charge in [-0.3, -0.25) is 4.79 Å². The highest BCUT2D eigenvalue weighted by molar-refractivity contribution is 6.01. The number of nitrogens with two attached hydrogens (primary N) is 1. The first kappa shape index (κ1) is 11.1. The van der Waals surface area contributed by atoms with E-state index in [0.717, 1.165) is 6.92 Å². The molecule has 0 saturated heterocycles. The van der Waals surface area contributed by atoms with Crippen molar-refractivity contribution in [2.24, 2.45) is 0 Å². The fourth-order valence-corrected chi connectivity index (χ4v) is 1.35. The van der Waals surface area contributed by atoms with Gasteiger partial charge in [0.05, 0.1) is 17.2 Å². The summed E-state index contributed by atoms with van der Waals surface area (Å²) in [5.41, 5.74) is 4.33. The first-order chi connectivity index (χ1) is 6.99. The van der Waals surface area contributed by atoms with Gasteiger partial charge in [0.25, 0.3) is 6.43 Å². The number of carbonyl (C=O) groups is 1. The molecule has 0 aliphatic heterocycles. The summed E-state index contributed by atoms with van der Waals surface area (Å²) < 4.78 is 25.3. The highest BCUT2D eigenvalue weighted by atomic mass is 19.3. The maximum atomic E-state index is 12.7. The van der Waals surface area contributed by atoms with Gasteiger partial charge in [0, 0.05) is 11.3 Å². The number of hydrogen-bond acceptors (Lipinski definition) is 3. The fraction of sp³-hybridized carbons (Fsp3) is 0.200. The number of alkyl halides is 2. The van der Waals surface area contributed by atoms with E-state index < -0.39 is 17.8 Å². The van der Waals surface area contributed by atoms with Gasteiger partial charge in [0.15, 0.2) is 5.78 Å². The van der Waals surface area contributed by atoms with Crippen LogP contribution in [-0.2, 0) is 0 Å². The molecule has 0 unspecified atom stereocenters. The molecule has 1 rings (SSSR count). The minimum atomic E-state index is -2.89. The highest BCUT2D eigenvalue weighted by Crippen LogP contribution is 2.30. The number of nitriles is 1. The lowest BCUT2D eigenvalue weighted by Gasteiger charge is -2.10. The van der Waals surface area contributed by atoms with Crippen molar-refractivity contribution < 1.29 is 13.6 Å². The molecule has 0 saturated carbocycles. The van der Waals surface area contributed by atoms with Crippen LogP contribution < -0.4 is 5.73 Å². The van der Waals surface area contributed by atoms with E-state index in [4.69, 9.17) is 11.0 Å². The summed E-state index contributed by atoms with van der Waals surface area (Å²) in [5, 5.41) is 8.63. The van der Waals surface area contributed by atoms with E-state index in [9.17, 15) is 13.6 Å². The van der Waals surface area contributed by atoms with Gasteiger partial charge in [-0.15, -0.1) is 0 Å². The van der Waals surface area contributed by atoms with Crippen molar-refractivity contribution in [3.8, 4) is 6.07 Å². The maximum Gasteiger partial charge on any atom is 0.265 e. The number of nitrogen functional groups attached to an aromatic ring is 1. The summed E-state index contributed by atoms with van der Waals surface area (Å²) in [6.07, 6.45) is -2.89. The molecular weight excluding hydrogens is 202 g/mol. The predicted octanol–water partition coefficient (Wildman–Crippen LogP) is 2.28. The van der Waals surface area contributed by atoms with Crippen molar-refractivity contribution in [3.05, 3.63) is 28.8 Å². The number of Topliss-reactive ketones (excluding diaryl/α,β-unsaturated/α-hetero) is 1. The Labute approximate surface area is 85.1 Å². The Morgan fingerprint density at radius 2 is 2.13 bits per heavy atom. The van der Waals surface area contributed by atoms with Gasteiger partial charge in [-0.05, 0) is 19.1 Å². The largest absolute Gasteiger partial charge is 0.398 e. The number of halogens is 2. The SMILES string of the molecule is CC(=O)c1c(N)ccc(C#N)c1C(F)F. The van der Waals surface area contributed by atoms with Crippen molar-refractivity contribution >= 4 is 11.5 Å². The lowest BCUT2D eigenvalue weighted by atomic mass is 9.97. The Kier molecular flexibility index (Phi) is 3.00. The van der Waals surface area contributed by atoms with Gasteiger partial charge >= 0.3 is 0 Å². The summed E-state index contributed by atoms with van der Waals surface area (Å²) >= 11 is 0. The van der Waals surface area contributed by atoms with Crippen molar-refractivity contribution in [1.82, 2.24) is 0 Å². The number of carbonyl (C=O) groups excluding carboxylic acids is 1. The summed E-state index contributed by atoms with van der Waals surface area (Å²) in [6, 6.07) is 4.07. The number of hydrogen-bond donors (Lipinski definition) is 1. The summed E-state index contributed by atoms with van der Waals surface area (Å²) in [6.45, 7) is 1.14. The molecule has 0 atom stereocenters. The van der Waals surface area contributed by atoms with Crippen molar-refractivity contribution in [2.75, 3.05) is 5.73 Å². The summed E-state index contributed by atoms with van der Waals surface area (Å²) in [7, 11) is 0. The summed E-state index contributed by atoms with van der Waals surface area (Å²) in [5.74, 6) is -0.570. The molecule has 3 nitrogen and oxygen atoms in total.